The summed E-state index contributed by atoms with van der Waals surface area (Å²) in [6.45, 7) is 5.92. The van der Waals surface area contributed by atoms with Crippen molar-refractivity contribution in [3.8, 4) is 11.1 Å². The highest BCUT2D eigenvalue weighted by Crippen LogP contribution is 2.44. The number of fused-ring (bicyclic) bond motifs is 3. The normalized spacial score (nSPS) is 14.4. The molecule has 0 aromatic heterocycles. The summed E-state index contributed by atoms with van der Waals surface area (Å²) in [6, 6.07) is 14.7. The number of ether oxygens (including phenoxy) is 1. The number of hydrogen-bond donors (Lipinski definition) is 3. The molecule has 1 aliphatic carbocycles. The van der Waals surface area contributed by atoms with E-state index >= 15 is 0 Å². The molecule has 35 heavy (non-hydrogen) atoms. The van der Waals surface area contributed by atoms with Crippen LogP contribution in [0.2, 0.25) is 0 Å². The fourth-order valence-corrected chi connectivity index (χ4v) is 4.76. The molecule has 2 aromatic carbocycles. The van der Waals surface area contributed by atoms with Crippen LogP contribution in [0.1, 0.15) is 50.7 Å². The minimum Gasteiger partial charge on any atom is -0.480 e. The first-order chi connectivity index (χ1) is 16.6. The van der Waals surface area contributed by atoms with Crippen molar-refractivity contribution in [1.82, 2.24) is 10.6 Å². The second-order valence-corrected chi connectivity index (χ2v) is 10.8. The molecule has 7 nitrogen and oxygen atoms in total. The molecule has 0 radical (unpaired) electrons. The first-order valence-corrected chi connectivity index (χ1v) is 13.1. The van der Waals surface area contributed by atoms with Crippen LogP contribution >= 0.6 is 11.8 Å². The Morgan fingerprint density at radius 2 is 1.57 bits per heavy atom. The summed E-state index contributed by atoms with van der Waals surface area (Å²) in [4.78, 5) is 36.9. The van der Waals surface area contributed by atoms with Gasteiger partial charge in [-0.3, -0.25) is 4.79 Å². The highest BCUT2D eigenvalue weighted by atomic mass is 32.2. The van der Waals surface area contributed by atoms with Gasteiger partial charge in [0.05, 0.1) is 0 Å². The van der Waals surface area contributed by atoms with E-state index in [1.165, 1.54) is 11.8 Å². The Morgan fingerprint density at radius 3 is 2.09 bits per heavy atom. The van der Waals surface area contributed by atoms with Crippen molar-refractivity contribution in [2.45, 2.75) is 51.6 Å². The Hall–Kier alpha value is -3.00. The number of aliphatic carboxylic acids is 1. The number of nitrogens with one attached hydrogen (secondary N) is 2. The highest BCUT2D eigenvalue weighted by Gasteiger charge is 2.32. The van der Waals surface area contributed by atoms with E-state index < -0.39 is 35.5 Å². The summed E-state index contributed by atoms with van der Waals surface area (Å²) in [5.41, 5.74) is 4.10. The van der Waals surface area contributed by atoms with Gasteiger partial charge in [-0.15, -0.1) is 0 Å². The number of rotatable bonds is 10. The van der Waals surface area contributed by atoms with Crippen molar-refractivity contribution < 1.29 is 24.2 Å². The zero-order valence-electron chi connectivity index (χ0n) is 20.7. The summed E-state index contributed by atoms with van der Waals surface area (Å²) in [5, 5.41) is 14.8. The summed E-state index contributed by atoms with van der Waals surface area (Å²) in [7, 11) is 0. The van der Waals surface area contributed by atoms with Crippen molar-refractivity contribution in [2.24, 2.45) is 5.41 Å². The molecule has 0 aliphatic heterocycles. The molecule has 188 valence electrons. The Morgan fingerprint density at radius 1 is 1.00 bits per heavy atom. The third-order valence-electron chi connectivity index (χ3n) is 6.31. The van der Waals surface area contributed by atoms with Crippen molar-refractivity contribution in [1.29, 1.82) is 0 Å². The lowest BCUT2D eigenvalue weighted by Gasteiger charge is -2.31. The van der Waals surface area contributed by atoms with E-state index in [-0.39, 0.29) is 18.9 Å². The second kappa shape index (κ2) is 11.6. The average Bonchev–Trinajstić information content (AvgIpc) is 3.13. The van der Waals surface area contributed by atoms with E-state index in [2.05, 4.69) is 34.9 Å². The monoisotopic (exact) mass is 498 g/mol. The Balaban J connectivity index is 1.62. The van der Waals surface area contributed by atoms with Gasteiger partial charge in [0.2, 0.25) is 5.91 Å². The van der Waals surface area contributed by atoms with E-state index in [0.29, 0.717) is 12.2 Å². The Kier molecular flexibility index (Phi) is 8.83. The highest BCUT2D eigenvalue weighted by molar-refractivity contribution is 7.98. The zero-order chi connectivity index (χ0) is 25.6. The van der Waals surface area contributed by atoms with E-state index in [4.69, 9.17) is 4.74 Å². The molecule has 0 heterocycles. The minimum absolute atomic E-state index is 0.0449. The number of carbonyl (C=O) groups is 3. The lowest BCUT2D eigenvalue weighted by Crippen LogP contribution is -2.49. The minimum atomic E-state index is -1.07. The quantitative estimate of drug-likeness (QED) is 0.440. The van der Waals surface area contributed by atoms with Crippen molar-refractivity contribution in [3.05, 3.63) is 59.7 Å². The summed E-state index contributed by atoms with van der Waals surface area (Å²) >= 11 is 1.52. The van der Waals surface area contributed by atoms with Crippen LogP contribution in [0.15, 0.2) is 48.5 Å². The number of carboxylic acids is 1. The maximum Gasteiger partial charge on any atom is 0.407 e. The van der Waals surface area contributed by atoms with Crippen LogP contribution in [0.3, 0.4) is 0 Å². The number of carboxylic acid groups (broad SMARTS) is 1. The largest absolute Gasteiger partial charge is 0.480 e. The third kappa shape index (κ3) is 6.78. The number of thioether (sulfide) groups is 1. The number of benzene rings is 2. The van der Waals surface area contributed by atoms with Crippen molar-refractivity contribution in [2.75, 3.05) is 18.6 Å². The molecule has 3 rings (SSSR count). The molecule has 0 saturated carbocycles. The van der Waals surface area contributed by atoms with E-state index in [9.17, 15) is 19.5 Å². The molecule has 1 aliphatic rings. The number of hydrogen-bond acceptors (Lipinski definition) is 5. The van der Waals surface area contributed by atoms with Gasteiger partial charge < -0.3 is 20.5 Å². The molecule has 2 atom stereocenters. The number of amides is 2. The van der Waals surface area contributed by atoms with Gasteiger partial charge in [0.15, 0.2) is 0 Å². The van der Waals surface area contributed by atoms with Gasteiger partial charge in [-0.2, -0.15) is 11.8 Å². The van der Waals surface area contributed by atoms with Crippen LogP contribution < -0.4 is 10.6 Å². The van der Waals surface area contributed by atoms with Crippen LogP contribution in [0.5, 0.6) is 0 Å². The van der Waals surface area contributed by atoms with Crippen LogP contribution in [-0.4, -0.2) is 53.8 Å². The first kappa shape index (κ1) is 26.6. The summed E-state index contributed by atoms with van der Waals surface area (Å²) in [6.07, 6.45) is 1.57. The molecular formula is C27H34N2O5S. The van der Waals surface area contributed by atoms with Gasteiger partial charge in [-0.25, -0.2) is 9.59 Å². The van der Waals surface area contributed by atoms with Crippen LogP contribution in [0.4, 0.5) is 4.79 Å². The predicted octanol–water partition coefficient (Wildman–Crippen LogP) is 4.65. The van der Waals surface area contributed by atoms with E-state index in [1.54, 1.807) is 0 Å². The summed E-state index contributed by atoms with van der Waals surface area (Å²) < 4.78 is 5.64. The molecule has 2 aromatic rings. The number of alkyl carbamates (subject to hydrolysis) is 1. The van der Waals surface area contributed by atoms with Crippen molar-refractivity contribution >= 4 is 29.7 Å². The molecule has 0 fully saturated rings. The lowest BCUT2D eigenvalue weighted by atomic mass is 9.84. The lowest BCUT2D eigenvalue weighted by molar-refractivity contribution is -0.142. The van der Waals surface area contributed by atoms with Gasteiger partial charge >= 0.3 is 12.1 Å². The van der Waals surface area contributed by atoms with Gasteiger partial charge in [0.25, 0.3) is 0 Å². The predicted molar refractivity (Wildman–Crippen MR) is 139 cm³/mol. The SMILES string of the molecule is CSCC[C@@H](NC(=O)CC(NC(=O)OCC1c2ccccc2-c2ccccc21)C(C)(C)C)C(=O)O. The smallest absolute Gasteiger partial charge is 0.407 e. The number of carbonyl (C=O) groups excluding carboxylic acids is 2. The molecular weight excluding hydrogens is 464 g/mol. The van der Waals surface area contributed by atoms with E-state index in [1.807, 2.05) is 51.3 Å². The maximum atomic E-state index is 12.8. The Bertz CT molecular complexity index is 1020. The molecule has 1 unspecified atom stereocenters. The zero-order valence-corrected chi connectivity index (χ0v) is 21.5. The fraction of sp³-hybridized carbons (Fsp3) is 0.444. The molecule has 0 bridgehead atoms. The van der Waals surface area contributed by atoms with Gasteiger partial charge in [-0.1, -0.05) is 69.3 Å². The van der Waals surface area contributed by atoms with Crippen molar-refractivity contribution in [3.63, 3.8) is 0 Å². The average molecular weight is 499 g/mol. The van der Waals surface area contributed by atoms with Gasteiger partial charge in [-0.05, 0) is 46.1 Å². The molecule has 8 heteroatoms. The molecule has 2 amide bonds. The topological polar surface area (TPSA) is 105 Å². The summed E-state index contributed by atoms with van der Waals surface area (Å²) in [5.74, 6) is -0.920. The molecule has 3 N–H and O–H groups in total. The van der Waals surface area contributed by atoms with Gasteiger partial charge in [0.1, 0.15) is 12.6 Å². The van der Waals surface area contributed by atoms with Crippen LogP contribution in [0, 0.1) is 5.41 Å². The fourth-order valence-electron chi connectivity index (χ4n) is 4.29. The second-order valence-electron chi connectivity index (χ2n) is 9.83. The molecule has 0 saturated heterocycles. The first-order valence-electron chi connectivity index (χ1n) is 11.7. The Labute approximate surface area is 211 Å². The molecule has 0 spiro atoms. The van der Waals surface area contributed by atoms with Crippen LogP contribution in [-0.2, 0) is 14.3 Å². The maximum absolute atomic E-state index is 12.8. The van der Waals surface area contributed by atoms with Gasteiger partial charge in [0, 0.05) is 18.4 Å². The van der Waals surface area contributed by atoms with E-state index in [0.717, 1.165) is 22.3 Å². The van der Waals surface area contributed by atoms with Crippen LogP contribution in [0.25, 0.3) is 11.1 Å². The standard InChI is InChI=1S/C27H34N2O5S/c1-27(2,3)23(15-24(30)28-22(25(31)32)13-14-35-4)29-26(33)34-16-21-19-11-7-5-9-17(19)18-10-6-8-12-20(18)21/h5-12,21-23H,13-16H2,1-4H3,(H,28,30)(H,29,33)(H,31,32)/t22-,23?/m1/s1. The third-order valence-corrected chi connectivity index (χ3v) is 6.96.